The van der Waals surface area contributed by atoms with Crippen molar-refractivity contribution in [2.45, 2.75) is 19.1 Å². The van der Waals surface area contributed by atoms with Crippen LogP contribution in [0.5, 0.6) is 0 Å². The van der Waals surface area contributed by atoms with Crippen molar-refractivity contribution >= 4 is 29.4 Å². The first-order chi connectivity index (χ1) is 14.3. The predicted octanol–water partition coefficient (Wildman–Crippen LogP) is 0.0462. The minimum atomic E-state index is -1.85. The Balaban J connectivity index is 1.86. The minimum Gasteiger partial charge on any atom is -0.478 e. The number of hydrogen-bond acceptors (Lipinski definition) is 7. The number of ether oxygens (including phenoxy) is 3. The van der Waals surface area contributed by atoms with Gasteiger partial charge in [-0.15, -0.1) is 0 Å². The molecule has 0 radical (unpaired) electrons. The Bertz CT molecular complexity index is 855. The molecule has 1 aromatic rings. The van der Waals surface area contributed by atoms with Gasteiger partial charge in [-0.25, -0.2) is 9.18 Å². The quantitative estimate of drug-likeness (QED) is 0.658. The van der Waals surface area contributed by atoms with Crippen molar-refractivity contribution in [3.8, 4) is 0 Å². The van der Waals surface area contributed by atoms with Crippen LogP contribution in [0.3, 0.4) is 0 Å². The van der Waals surface area contributed by atoms with E-state index in [9.17, 15) is 28.7 Å². The van der Waals surface area contributed by atoms with E-state index in [2.05, 4.69) is 0 Å². The zero-order valence-electron chi connectivity index (χ0n) is 16.2. The normalized spacial score (nSPS) is 20.6. The van der Waals surface area contributed by atoms with Gasteiger partial charge in [0, 0.05) is 37.8 Å². The van der Waals surface area contributed by atoms with Gasteiger partial charge in [0.1, 0.15) is 5.82 Å². The lowest BCUT2D eigenvalue weighted by molar-refractivity contribution is -0.177. The molecule has 2 amide bonds. The maximum atomic E-state index is 14.3. The summed E-state index contributed by atoms with van der Waals surface area (Å²) in [5, 5.41) is 9.31. The first-order valence-electron chi connectivity index (χ1n) is 9.28. The Hall–Kier alpha value is -3.05. The second kappa shape index (κ2) is 9.18. The number of nitrogens with zero attached hydrogens (tertiary/aromatic N) is 2. The molecule has 10 nitrogen and oxygen atoms in total. The second-order valence-electron chi connectivity index (χ2n) is 6.75. The van der Waals surface area contributed by atoms with E-state index in [1.807, 2.05) is 0 Å². The molecule has 1 aromatic carbocycles. The lowest BCUT2D eigenvalue weighted by Gasteiger charge is -2.34. The van der Waals surface area contributed by atoms with Crippen molar-refractivity contribution in [3.63, 3.8) is 0 Å². The summed E-state index contributed by atoms with van der Waals surface area (Å²) in [6.07, 6.45) is -3.44. The summed E-state index contributed by atoms with van der Waals surface area (Å²) >= 11 is 0. The molecule has 30 heavy (non-hydrogen) atoms. The van der Waals surface area contributed by atoms with Crippen molar-refractivity contribution in [1.82, 2.24) is 4.90 Å². The van der Waals surface area contributed by atoms with Gasteiger partial charge in [-0.3, -0.25) is 14.4 Å². The molecule has 1 N–H and O–H groups in total. The van der Waals surface area contributed by atoms with Gasteiger partial charge in [-0.2, -0.15) is 0 Å². The maximum absolute atomic E-state index is 14.3. The van der Waals surface area contributed by atoms with Crippen molar-refractivity contribution in [2.75, 3.05) is 44.4 Å². The Morgan fingerprint density at radius 2 is 1.87 bits per heavy atom. The minimum absolute atomic E-state index is 0.0103. The van der Waals surface area contributed by atoms with Crippen molar-refractivity contribution < 1.29 is 42.9 Å². The fourth-order valence-electron chi connectivity index (χ4n) is 3.30. The third kappa shape index (κ3) is 4.74. The van der Waals surface area contributed by atoms with Gasteiger partial charge >= 0.3 is 11.9 Å². The van der Waals surface area contributed by atoms with Gasteiger partial charge in [0.05, 0.1) is 19.8 Å². The average Bonchev–Trinajstić information content (AvgIpc) is 2.71. The van der Waals surface area contributed by atoms with Crippen LogP contribution in [-0.4, -0.2) is 85.4 Å². The summed E-state index contributed by atoms with van der Waals surface area (Å²) in [7, 11) is 0. The third-order valence-corrected chi connectivity index (χ3v) is 4.67. The molecule has 0 aromatic heterocycles. The molecule has 0 spiro atoms. The molecule has 0 unspecified atom stereocenters. The van der Waals surface area contributed by atoms with Gasteiger partial charge < -0.3 is 29.1 Å². The standard InChI is InChI=1S/C19H21FN2O8/c1-11(23)30-16(19(26)27)15-18(25)22(4-7-29-15)14-9-12(8-13(20)10-14)17(24)21-2-5-28-6-3-21/h8-10,15-16H,2-7H2,1H3,(H,26,27)/t15-,16-/m1/s1. The third-order valence-electron chi connectivity index (χ3n) is 4.67. The second-order valence-corrected chi connectivity index (χ2v) is 6.75. The van der Waals surface area contributed by atoms with Crippen LogP contribution in [-0.2, 0) is 28.6 Å². The van der Waals surface area contributed by atoms with E-state index in [0.29, 0.717) is 26.3 Å². The van der Waals surface area contributed by atoms with Crippen LogP contribution in [0.1, 0.15) is 17.3 Å². The van der Waals surface area contributed by atoms with Crippen LogP contribution in [0, 0.1) is 5.82 Å². The monoisotopic (exact) mass is 424 g/mol. The van der Waals surface area contributed by atoms with E-state index in [4.69, 9.17) is 14.2 Å². The zero-order chi connectivity index (χ0) is 21.8. The Kier molecular flexibility index (Phi) is 6.63. The molecule has 162 valence electrons. The van der Waals surface area contributed by atoms with E-state index in [1.165, 1.54) is 11.0 Å². The number of esters is 1. The molecule has 2 fully saturated rings. The predicted molar refractivity (Wildman–Crippen MR) is 98.4 cm³/mol. The highest BCUT2D eigenvalue weighted by Gasteiger charge is 2.42. The topological polar surface area (TPSA) is 123 Å². The number of carbonyl (C=O) groups is 4. The first-order valence-corrected chi connectivity index (χ1v) is 9.28. The number of benzene rings is 1. The summed E-state index contributed by atoms with van der Waals surface area (Å²) in [4.78, 5) is 50.8. The largest absolute Gasteiger partial charge is 0.478 e. The van der Waals surface area contributed by atoms with Gasteiger partial charge in [0.2, 0.25) is 6.10 Å². The summed E-state index contributed by atoms with van der Waals surface area (Å²) < 4.78 is 29.4. The smallest absolute Gasteiger partial charge is 0.348 e. The number of anilines is 1. The lowest BCUT2D eigenvalue weighted by atomic mass is 10.1. The molecule has 2 atom stereocenters. The number of amides is 2. The summed E-state index contributed by atoms with van der Waals surface area (Å²) in [5.41, 5.74) is 0.134. The molecule has 3 rings (SSSR count). The number of halogens is 1. The molecule has 2 saturated heterocycles. The average molecular weight is 424 g/mol. The summed E-state index contributed by atoms with van der Waals surface area (Å²) in [6, 6.07) is 3.50. The molecular weight excluding hydrogens is 403 g/mol. The Morgan fingerprint density at radius 1 is 1.17 bits per heavy atom. The van der Waals surface area contributed by atoms with Crippen molar-refractivity contribution in [1.29, 1.82) is 0 Å². The number of carboxylic acids is 1. The van der Waals surface area contributed by atoms with E-state index in [-0.39, 0.29) is 24.4 Å². The number of carboxylic acid groups (broad SMARTS) is 1. The highest BCUT2D eigenvalue weighted by Crippen LogP contribution is 2.25. The molecular formula is C19H21FN2O8. The van der Waals surface area contributed by atoms with Gasteiger partial charge in [0.25, 0.3) is 11.8 Å². The first kappa shape index (κ1) is 21.7. The summed E-state index contributed by atoms with van der Waals surface area (Å²) in [6.45, 7) is 2.45. The van der Waals surface area contributed by atoms with Crippen LogP contribution in [0.25, 0.3) is 0 Å². The number of hydrogen-bond donors (Lipinski definition) is 1. The molecule has 0 bridgehead atoms. The van der Waals surface area contributed by atoms with Gasteiger partial charge in [-0.05, 0) is 18.2 Å². The molecule has 0 saturated carbocycles. The number of carbonyl (C=O) groups excluding carboxylic acids is 3. The summed E-state index contributed by atoms with van der Waals surface area (Å²) in [5.74, 6) is -4.38. The zero-order valence-corrected chi connectivity index (χ0v) is 16.2. The van der Waals surface area contributed by atoms with E-state index >= 15 is 0 Å². The van der Waals surface area contributed by atoms with E-state index in [1.54, 1.807) is 0 Å². The number of aliphatic carboxylic acids is 1. The fourth-order valence-corrected chi connectivity index (χ4v) is 3.30. The highest BCUT2D eigenvalue weighted by molar-refractivity contribution is 6.02. The number of morpholine rings is 2. The van der Waals surface area contributed by atoms with Gasteiger partial charge in [-0.1, -0.05) is 0 Å². The van der Waals surface area contributed by atoms with E-state index < -0.39 is 41.8 Å². The van der Waals surface area contributed by atoms with Crippen LogP contribution in [0.15, 0.2) is 18.2 Å². The van der Waals surface area contributed by atoms with E-state index in [0.717, 1.165) is 24.0 Å². The molecule has 2 aliphatic rings. The van der Waals surface area contributed by atoms with Crippen molar-refractivity contribution in [2.24, 2.45) is 0 Å². The molecule has 0 aliphatic carbocycles. The maximum Gasteiger partial charge on any atom is 0.348 e. The molecule has 11 heteroatoms. The Labute approximate surface area is 171 Å². The SMILES string of the molecule is CC(=O)O[C@@H](C(=O)O)[C@H]1OCCN(c2cc(F)cc(C(=O)N3CCOCC3)c2)C1=O. The van der Waals surface area contributed by atoms with Crippen molar-refractivity contribution in [3.05, 3.63) is 29.6 Å². The fraction of sp³-hybridized carbons (Fsp3) is 0.474. The lowest BCUT2D eigenvalue weighted by Crippen LogP contribution is -2.55. The van der Waals surface area contributed by atoms with Crippen LogP contribution < -0.4 is 4.90 Å². The highest BCUT2D eigenvalue weighted by atomic mass is 19.1. The van der Waals surface area contributed by atoms with Crippen LogP contribution >= 0.6 is 0 Å². The molecule has 2 aliphatic heterocycles. The van der Waals surface area contributed by atoms with Gasteiger partial charge in [0.15, 0.2) is 6.10 Å². The Morgan fingerprint density at radius 3 is 2.50 bits per heavy atom. The number of rotatable bonds is 5. The van der Waals surface area contributed by atoms with Crippen LogP contribution in [0.2, 0.25) is 0 Å². The van der Waals surface area contributed by atoms with Crippen LogP contribution in [0.4, 0.5) is 10.1 Å². The molecule has 2 heterocycles.